The predicted molar refractivity (Wildman–Crippen MR) is 74.8 cm³/mol. The standard InChI is InChI=1S/C12H23N5O/c1-3-14-10-9-11(16-12(13)15-10)17(2)7-5-4-6-8-18/h9,18H,3-8H2,1-2H3,(H3,13,14,15,16). The molecule has 4 N–H and O–H groups in total. The highest BCUT2D eigenvalue weighted by molar-refractivity contribution is 5.52. The lowest BCUT2D eigenvalue weighted by Gasteiger charge is -2.19. The van der Waals surface area contributed by atoms with E-state index in [0.29, 0.717) is 0 Å². The van der Waals surface area contributed by atoms with Crippen molar-refractivity contribution < 1.29 is 5.11 Å². The maximum absolute atomic E-state index is 8.72. The molecule has 0 aromatic carbocycles. The van der Waals surface area contributed by atoms with Crippen LogP contribution in [0.1, 0.15) is 26.2 Å². The van der Waals surface area contributed by atoms with Crippen molar-refractivity contribution in [1.82, 2.24) is 9.97 Å². The third-order valence-electron chi connectivity index (χ3n) is 2.63. The number of rotatable bonds is 8. The minimum Gasteiger partial charge on any atom is -0.396 e. The molecule has 0 amide bonds. The molecule has 0 saturated heterocycles. The summed E-state index contributed by atoms with van der Waals surface area (Å²) in [6.45, 7) is 3.96. The molecule has 0 aliphatic heterocycles. The number of anilines is 3. The van der Waals surface area contributed by atoms with Crippen LogP contribution in [0, 0.1) is 0 Å². The number of nitrogen functional groups attached to an aromatic ring is 1. The Kier molecular flexibility index (Phi) is 6.21. The molecule has 6 heteroatoms. The first kappa shape index (κ1) is 14.5. The van der Waals surface area contributed by atoms with Crippen LogP contribution in [0.2, 0.25) is 0 Å². The molecule has 1 heterocycles. The first-order valence-corrected chi connectivity index (χ1v) is 6.37. The number of nitrogens with two attached hydrogens (primary N) is 1. The van der Waals surface area contributed by atoms with Crippen LogP contribution in [0.25, 0.3) is 0 Å². The highest BCUT2D eigenvalue weighted by atomic mass is 16.2. The van der Waals surface area contributed by atoms with E-state index in [2.05, 4.69) is 20.2 Å². The van der Waals surface area contributed by atoms with E-state index in [9.17, 15) is 0 Å². The molecule has 6 nitrogen and oxygen atoms in total. The Balaban J connectivity index is 2.58. The van der Waals surface area contributed by atoms with Gasteiger partial charge in [-0.05, 0) is 26.2 Å². The van der Waals surface area contributed by atoms with Gasteiger partial charge in [-0.25, -0.2) is 0 Å². The molecule has 1 aromatic rings. The zero-order valence-electron chi connectivity index (χ0n) is 11.2. The molecule has 0 radical (unpaired) electrons. The van der Waals surface area contributed by atoms with Gasteiger partial charge in [-0.1, -0.05) is 0 Å². The molecule has 102 valence electrons. The molecule has 0 aliphatic carbocycles. The van der Waals surface area contributed by atoms with E-state index in [1.54, 1.807) is 0 Å². The first-order valence-electron chi connectivity index (χ1n) is 6.37. The molecular formula is C12H23N5O. The molecule has 0 atom stereocenters. The second kappa shape index (κ2) is 7.71. The predicted octanol–water partition coefficient (Wildman–Crippen LogP) is 1.09. The summed E-state index contributed by atoms with van der Waals surface area (Å²) in [5.74, 6) is 1.86. The second-order valence-corrected chi connectivity index (χ2v) is 4.21. The highest BCUT2D eigenvalue weighted by Crippen LogP contribution is 2.16. The molecule has 0 aliphatic rings. The third-order valence-corrected chi connectivity index (χ3v) is 2.63. The maximum atomic E-state index is 8.72. The monoisotopic (exact) mass is 253 g/mol. The lowest BCUT2D eigenvalue weighted by molar-refractivity contribution is 0.283. The van der Waals surface area contributed by atoms with Gasteiger partial charge in [0.15, 0.2) is 0 Å². The Hall–Kier alpha value is -1.56. The SMILES string of the molecule is CCNc1cc(N(C)CCCCCO)nc(N)n1. The Morgan fingerprint density at radius 2 is 2.11 bits per heavy atom. The van der Waals surface area contributed by atoms with Gasteiger partial charge in [0.25, 0.3) is 0 Å². The zero-order chi connectivity index (χ0) is 13.4. The van der Waals surface area contributed by atoms with Crippen LogP contribution in [0.4, 0.5) is 17.6 Å². The molecular weight excluding hydrogens is 230 g/mol. The van der Waals surface area contributed by atoms with Crippen LogP contribution in [-0.4, -0.2) is 41.8 Å². The molecule has 0 saturated carbocycles. The van der Waals surface area contributed by atoms with Crippen molar-refractivity contribution in [2.24, 2.45) is 0 Å². The van der Waals surface area contributed by atoms with E-state index in [0.717, 1.165) is 44.0 Å². The highest BCUT2D eigenvalue weighted by Gasteiger charge is 2.06. The van der Waals surface area contributed by atoms with Gasteiger partial charge >= 0.3 is 0 Å². The van der Waals surface area contributed by atoms with Crippen molar-refractivity contribution in [2.75, 3.05) is 42.7 Å². The van der Waals surface area contributed by atoms with E-state index in [1.807, 2.05) is 20.0 Å². The average molecular weight is 253 g/mol. The molecule has 0 bridgehead atoms. The number of hydrogen-bond donors (Lipinski definition) is 3. The molecule has 0 spiro atoms. The van der Waals surface area contributed by atoms with Crippen molar-refractivity contribution in [2.45, 2.75) is 26.2 Å². The van der Waals surface area contributed by atoms with Crippen LogP contribution < -0.4 is 16.0 Å². The van der Waals surface area contributed by atoms with E-state index in [-0.39, 0.29) is 12.6 Å². The Labute approximate surface area is 108 Å². The van der Waals surface area contributed by atoms with Crippen molar-refractivity contribution in [3.63, 3.8) is 0 Å². The fourth-order valence-corrected chi connectivity index (χ4v) is 1.67. The molecule has 1 aromatic heterocycles. The summed E-state index contributed by atoms with van der Waals surface area (Å²) in [6, 6.07) is 1.89. The number of aromatic nitrogens is 2. The maximum Gasteiger partial charge on any atom is 0.223 e. The summed E-state index contributed by atoms with van der Waals surface area (Å²) in [7, 11) is 1.98. The van der Waals surface area contributed by atoms with Crippen molar-refractivity contribution in [1.29, 1.82) is 0 Å². The first-order chi connectivity index (χ1) is 8.67. The Morgan fingerprint density at radius 1 is 1.33 bits per heavy atom. The smallest absolute Gasteiger partial charge is 0.223 e. The summed E-state index contributed by atoms with van der Waals surface area (Å²) in [5, 5.41) is 11.9. The van der Waals surface area contributed by atoms with E-state index < -0.39 is 0 Å². The van der Waals surface area contributed by atoms with Gasteiger partial charge in [-0.15, -0.1) is 0 Å². The summed E-state index contributed by atoms with van der Waals surface area (Å²) in [4.78, 5) is 10.4. The minimum atomic E-state index is 0.259. The van der Waals surface area contributed by atoms with Crippen molar-refractivity contribution in [3.05, 3.63) is 6.07 Å². The van der Waals surface area contributed by atoms with Gasteiger partial charge in [0.1, 0.15) is 11.6 Å². The largest absolute Gasteiger partial charge is 0.396 e. The van der Waals surface area contributed by atoms with Crippen molar-refractivity contribution >= 4 is 17.6 Å². The van der Waals surface area contributed by atoms with Crippen LogP contribution in [0.15, 0.2) is 6.07 Å². The fourth-order valence-electron chi connectivity index (χ4n) is 1.67. The van der Waals surface area contributed by atoms with Crippen LogP contribution in [0.5, 0.6) is 0 Å². The van der Waals surface area contributed by atoms with Gasteiger partial charge in [0.05, 0.1) is 0 Å². The van der Waals surface area contributed by atoms with Crippen molar-refractivity contribution in [3.8, 4) is 0 Å². The summed E-state index contributed by atoms with van der Waals surface area (Å²) in [6.07, 6.45) is 2.89. The fraction of sp³-hybridized carbons (Fsp3) is 0.667. The topological polar surface area (TPSA) is 87.3 Å². The van der Waals surface area contributed by atoms with E-state index >= 15 is 0 Å². The summed E-state index contributed by atoms with van der Waals surface area (Å²) >= 11 is 0. The van der Waals surface area contributed by atoms with Gasteiger partial charge in [-0.2, -0.15) is 9.97 Å². The summed E-state index contributed by atoms with van der Waals surface area (Å²) in [5.41, 5.74) is 5.68. The quantitative estimate of drug-likeness (QED) is 0.601. The number of hydrogen-bond acceptors (Lipinski definition) is 6. The van der Waals surface area contributed by atoms with Gasteiger partial charge in [-0.3, -0.25) is 0 Å². The Bertz CT molecular complexity index is 358. The van der Waals surface area contributed by atoms with Crippen LogP contribution in [0.3, 0.4) is 0 Å². The number of aliphatic hydroxyl groups excluding tert-OH is 1. The second-order valence-electron chi connectivity index (χ2n) is 4.21. The number of unbranched alkanes of at least 4 members (excludes halogenated alkanes) is 2. The van der Waals surface area contributed by atoms with E-state index in [1.165, 1.54) is 0 Å². The molecule has 0 fully saturated rings. The van der Waals surface area contributed by atoms with E-state index in [4.69, 9.17) is 10.8 Å². The van der Waals surface area contributed by atoms with Gasteiger partial charge in [0.2, 0.25) is 5.95 Å². The summed E-state index contributed by atoms with van der Waals surface area (Å²) < 4.78 is 0. The molecule has 0 unspecified atom stereocenters. The number of nitrogens with one attached hydrogen (secondary N) is 1. The molecule has 1 rings (SSSR count). The normalized spacial score (nSPS) is 10.4. The number of nitrogens with zero attached hydrogens (tertiary/aromatic N) is 3. The Morgan fingerprint density at radius 3 is 2.78 bits per heavy atom. The average Bonchev–Trinajstić information content (AvgIpc) is 2.34. The lowest BCUT2D eigenvalue weighted by Crippen LogP contribution is -2.21. The van der Waals surface area contributed by atoms with Gasteiger partial charge < -0.3 is 21.1 Å². The minimum absolute atomic E-state index is 0.259. The van der Waals surface area contributed by atoms with Crippen LogP contribution in [-0.2, 0) is 0 Å². The molecule has 18 heavy (non-hydrogen) atoms. The van der Waals surface area contributed by atoms with Gasteiger partial charge in [0, 0.05) is 32.8 Å². The number of aliphatic hydroxyl groups is 1. The zero-order valence-corrected chi connectivity index (χ0v) is 11.2. The van der Waals surface area contributed by atoms with Crippen LogP contribution >= 0.6 is 0 Å². The lowest BCUT2D eigenvalue weighted by atomic mass is 10.2. The third kappa shape index (κ3) is 4.75.